The van der Waals surface area contributed by atoms with Crippen LogP contribution in [-0.2, 0) is 21.9 Å². The lowest BCUT2D eigenvalue weighted by atomic mass is 10.1. The topological polar surface area (TPSA) is 49.4 Å². The second kappa shape index (κ2) is 11.8. The minimum atomic E-state index is -0.523. The van der Waals surface area contributed by atoms with Crippen LogP contribution in [0.3, 0.4) is 0 Å². The lowest BCUT2D eigenvalue weighted by molar-refractivity contribution is -0.138. The van der Waals surface area contributed by atoms with Gasteiger partial charge >= 0.3 is 0 Å². The molecular weight excluding hydrogens is 392 g/mol. The monoisotopic (exact) mass is 426 g/mol. The first-order valence-electron chi connectivity index (χ1n) is 10.6. The van der Waals surface area contributed by atoms with Crippen LogP contribution in [0.1, 0.15) is 49.4 Å². The fourth-order valence-corrected chi connectivity index (χ4v) is 4.02. The lowest BCUT2D eigenvalue weighted by Crippen LogP contribution is -2.50. The van der Waals surface area contributed by atoms with E-state index in [-0.39, 0.29) is 17.9 Å². The summed E-state index contributed by atoms with van der Waals surface area (Å²) in [5.41, 5.74) is 4.62. The number of aryl methyl sites for hydroxylation is 2. The molecule has 0 heterocycles. The molecule has 0 saturated carbocycles. The second-order valence-electron chi connectivity index (χ2n) is 7.92. The highest BCUT2D eigenvalue weighted by atomic mass is 32.2. The minimum absolute atomic E-state index is 0.0114. The van der Waals surface area contributed by atoms with E-state index in [0.717, 1.165) is 23.3 Å². The van der Waals surface area contributed by atoms with Gasteiger partial charge in [0.1, 0.15) is 6.04 Å². The van der Waals surface area contributed by atoms with Crippen molar-refractivity contribution in [2.45, 2.75) is 65.4 Å². The molecule has 2 aromatic rings. The molecule has 4 nitrogen and oxygen atoms in total. The zero-order chi connectivity index (χ0) is 22.1. The van der Waals surface area contributed by atoms with Crippen molar-refractivity contribution in [2.75, 3.05) is 5.75 Å². The van der Waals surface area contributed by atoms with Crippen molar-refractivity contribution in [1.82, 2.24) is 10.2 Å². The maximum Gasteiger partial charge on any atom is 0.242 e. The quantitative estimate of drug-likeness (QED) is 0.590. The molecule has 2 aromatic carbocycles. The van der Waals surface area contributed by atoms with Crippen molar-refractivity contribution in [3.63, 3.8) is 0 Å². The average Bonchev–Trinajstić information content (AvgIpc) is 2.72. The molecular formula is C25H34N2O2S. The van der Waals surface area contributed by atoms with Gasteiger partial charge in [0, 0.05) is 18.3 Å². The highest BCUT2D eigenvalue weighted by Crippen LogP contribution is 2.18. The molecule has 0 aliphatic heterocycles. The first-order chi connectivity index (χ1) is 14.3. The summed E-state index contributed by atoms with van der Waals surface area (Å²) in [7, 11) is 0. The van der Waals surface area contributed by atoms with Crippen molar-refractivity contribution in [3.8, 4) is 0 Å². The van der Waals surface area contributed by atoms with E-state index >= 15 is 0 Å². The molecule has 1 N–H and O–H groups in total. The third-order valence-corrected chi connectivity index (χ3v) is 6.34. The van der Waals surface area contributed by atoms with Crippen LogP contribution in [0, 0.1) is 13.8 Å². The van der Waals surface area contributed by atoms with Crippen LogP contribution in [0.4, 0.5) is 0 Å². The maximum atomic E-state index is 13.1. The van der Waals surface area contributed by atoms with Gasteiger partial charge in [-0.25, -0.2) is 0 Å². The van der Waals surface area contributed by atoms with Crippen LogP contribution < -0.4 is 5.32 Å². The van der Waals surface area contributed by atoms with Crippen LogP contribution in [0.15, 0.2) is 48.5 Å². The molecule has 2 amide bonds. The van der Waals surface area contributed by atoms with Gasteiger partial charge in [0.05, 0.1) is 5.75 Å². The van der Waals surface area contributed by atoms with Gasteiger partial charge in [-0.1, -0.05) is 61.0 Å². The van der Waals surface area contributed by atoms with Crippen LogP contribution in [0.5, 0.6) is 0 Å². The van der Waals surface area contributed by atoms with Crippen molar-refractivity contribution >= 4 is 23.6 Å². The number of carbonyl (C=O) groups excluding carboxylic acids is 2. The van der Waals surface area contributed by atoms with Crippen molar-refractivity contribution < 1.29 is 9.59 Å². The van der Waals surface area contributed by atoms with E-state index in [4.69, 9.17) is 0 Å². The Labute approximate surface area is 185 Å². The summed E-state index contributed by atoms with van der Waals surface area (Å²) in [6.07, 6.45) is 0.858. The Balaban J connectivity index is 2.09. The molecule has 2 atom stereocenters. The molecule has 0 spiro atoms. The number of carbonyl (C=O) groups is 2. The summed E-state index contributed by atoms with van der Waals surface area (Å²) in [5.74, 6) is 1.01. The van der Waals surface area contributed by atoms with E-state index < -0.39 is 6.04 Å². The predicted molar refractivity (Wildman–Crippen MR) is 126 cm³/mol. The first-order valence-corrected chi connectivity index (χ1v) is 11.7. The number of hydrogen-bond acceptors (Lipinski definition) is 3. The Morgan fingerprint density at radius 3 is 2.47 bits per heavy atom. The number of rotatable bonds is 10. The fraction of sp³-hybridized carbons (Fsp3) is 0.440. The third kappa shape index (κ3) is 7.21. The van der Waals surface area contributed by atoms with Gasteiger partial charge in [-0.15, -0.1) is 11.8 Å². The van der Waals surface area contributed by atoms with Gasteiger partial charge in [0.15, 0.2) is 0 Å². The van der Waals surface area contributed by atoms with E-state index in [1.807, 2.05) is 58.0 Å². The van der Waals surface area contributed by atoms with Gasteiger partial charge < -0.3 is 10.2 Å². The maximum absolute atomic E-state index is 13.1. The summed E-state index contributed by atoms with van der Waals surface area (Å²) in [4.78, 5) is 27.6. The van der Waals surface area contributed by atoms with Gasteiger partial charge in [0.25, 0.3) is 0 Å². The third-order valence-electron chi connectivity index (χ3n) is 5.35. The summed E-state index contributed by atoms with van der Waals surface area (Å²) < 4.78 is 0. The van der Waals surface area contributed by atoms with Crippen LogP contribution in [0.25, 0.3) is 0 Å². The largest absolute Gasteiger partial charge is 0.352 e. The molecule has 0 aliphatic carbocycles. The Kier molecular flexibility index (Phi) is 9.44. The molecule has 5 heteroatoms. The molecule has 0 bridgehead atoms. The zero-order valence-corrected chi connectivity index (χ0v) is 19.6. The van der Waals surface area contributed by atoms with Gasteiger partial charge in [0.2, 0.25) is 11.8 Å². The summed E-state index contributed by atoms with van der Waals surface area (Å²) in [5, 5.41) is 3.01. The second-order valence-corrected chi connectivity index (χ2v) is 8.91. The van der Waals surface area contributed by atoms with Crippen LogP contribution in [0.2, 0.25) is 0 Å². The lowest BCUT2D eigenvalue weighted by Gasteiger charge is -2.30. The van der Waals surface area contributed by atoms with Gasteiger partial charge in [-0.3, -0.25) is 9.59 Å². The minimum Gasteiger partial charge on any atom is -0.352 e. The smallest absolute Gasteiger partial charge is 0.242 e. The van der Waals surface area contributed by atoms with E-state index in [1.165, 1.54) is 11.1 Å². The van der Waals surface area contributed by atoms with E-state index in [0.29, 0.717) is 12.3 Å². The Hall–Kier alpha value is -2.27. The Bertz CT molecular complexity index is 853. The Morgan fingerprint density at radius 1 is 1.07 bits per heavy atom. The SMILES string of the molecule is CCC(C)NC(=O)C(C)N(Cc1ccccc1C)C(=O)CSCc1cccc(C)c1. The summed E-state index contributed by atoms with van der Waals surface area (Å²) >= 11 is 1.59. The molecule has 0 aromatic heterocycles. The molecule has 0 radical (unpaired) electrons. The highest BCUT2D eigenvalue weighted by molar-refractivity contribution is 7.99. The first kappa shape index (κ1) is 24.0. The number of benzene rings is 2. The number of nitrogens with zero attached hydrogens (tertiary/aromatic N) is 1. The van der Waals surface area contributed by atoms with Gasteiger partial charge in [-0.05, 0) is 50.8 Å². The van der Waals surface area contributed by atoms with E-state index in [9.17, 15) is 9.59 Å². The molecule has 30 heavy (non-hydrogen) atoms. The zero-order valence-electron chi connectivity index (χ0n) is 18.8. The predicted octanol–water partition coefficient (Wildman–Crippen LogP) is 4.87. The van der Waals surface area contributed by atoms with Crippen molar-refractivity contribution in [3.05, 3.63) is 70.8 Å². The van der Waals surface area contributed by atoms with Crippen LogP contribution >= 0.6 is 11.8 Å². The number of nitrogens with one attached hydrogen (secondary N) is 1. The molecule has 162 valence electrons. The van der Waals surface area contributed by atoms with Crippen molar-refractivity contribution in [2.24, 2.45) is 0 Å². The number of hydrogen-bond donors (Lipinski definition) is 1. The van der Waals surface area contributed by atoms with E-state index in [1.54, 1.807) is 16.7 Å². The Morgan fingerprint density at radius 2 is 1.80 bits per heavy atom. The normalized spacial score (nSPS) is 12.8. The average molecular weight is 427 g/mol. The van der Waals surface area contributed by atoms with Crippen molar-refractivity contribution in [1.29, 1.82) is 0 Å². The highest BCUT2D eigenvalue weighted by Gasteiger charge is 2.27. The molecule has 0 fully saturated rings. The summed E-state index contributed by atoms with van der Waals surface area (Å²) in [6, 6.07) is 15.9. The van der Waals surface area contributed by atoms with Crippen LogP contribution in [-0.4, -0.2) is 34.6 Å². The molecule has 2 unspecified atom stereocenters. The van der Waals surface area contributed by atoms with Gasteiger partial charge in [-0.2, -0.15) is 0 Å². The number of thioether (sulfide) groups is 1. The number of amides is 2. The summed E-state index contributed by atoms with van der Waals surface area (Å²) in [6.45, 7) is 10.4. The van der Waals surface area contributed by atoms with E-state index in [2.05, 4.69) is 30.4 Å². The standard InChI is InChI=1S/C25H34N2O2S/c1-6-20(4)26-25(29)21(5)27(15-23-13-8-7-11-19(23)3)24(28)17-30-16-22-12-9-10-18(2)14-22/h7-14,20-21H,6,15-17H2,1-5H3,(H,26,29). The fourth-order valence-electron chi connectivity index (χ4n) is 3.16. The molecule has 2 rings (SSSR count). The molecule has 0 aliphatic rings. The molecule has 0 saturated heterocycles.